The molecule has 1 aromatic heterocycles. The van der Waals surface area contributed by atoms with E-state index in [0.29, 0.717) is 22.9 Å². The Morgan fingerprint density at radius 3 is 2.48 bits per heavy atom. The van der Waals surface area contributed by atoms with Gasteiger partial charge in [0.05, 0.1) is 17.1 Å². The van der Waals surface area contributed by atoms with Crippen LogP contribution < -0.4 is 9.64 Å². The third-order valence-electron chi connectivity index (χ3n) is 5.43. The van der Waals surface area contributed by atoms with E-state index >= 15 is 0 Å². The first-order valence-corrected chi connectivity index (χ1v) is 12.1. The Kier molecular flexibility index (Phi) is 5.98. The van der Waals surface area contributed by atoms with E-state index in [1.165, 1.54) is 0 Å². The number of hydrogen-bond donors (Lipinski definition) is 1. The summed E-state index contributed by atoms with van der Waals surface area (Å²) in [6.07, 6.45) is 3.21. The number of ether oxygens (including phenoxy) is 1. The number of aryl methyl sites for hydroxylation is 1. The number of anilines is 2. The molecule has 0 amide bonds. The number of benzene rings is 2. The minimum Gasteiger partial charge on any atom is -0.453 e. The van der Waals surface area contributed by atoms with Crippen molar-refractivity contribution >= 4 is 21.5 Å². The van der Waals surface area contributed by atoms with Gasteiger partial charge in [-0.1, -0.05) is 50.6 Å². The average Bonchev–Trinajstić information content (AvgIpc) is 2.76. The molecule has 1 N–H and O–H groups in total. The van der Waals surface area contributed by atoms with Gasteiger partial charge in [-0.05, 0) is 49.6 Å². The fourth-order valence-electron chi connectivity index (χ4n) is 3.99. The van der Waals surface area contributed by atoms with Crippen LogP contribution in [0.15, 0.2) is 60.7 Å². The lowest BCUT2D eigenvalue weighted by Gasteiger charge is -2.37. The number of aromatic nitrogens is 1. The van der Waals surface area contributed by atoms with Crippen LogP contribution in [0.3, 0.4) is 0 Å². The molecular weight excluding hydrogens is 412 g/mol. The van der Waals surface area contributed by atoms with Crippen LogP contribution in [0.5, 0.6) is 11.5 Å². The molecule has 1 aliphatic rings. The second-order valence-electron chi connectivity index (χ2n) is 7.59. The van der Waals surface area contributed by atoms with Crippen LogP contribution in [-0.4, -0.2) is 23.3 Å². The summed E-state index contributed by atoms with van der Waals surface area (Å²) in [6.45, 7) is 3.88. The third kappa shape index (κ3) is 4.16. The number of rotatable bonds is 7. The van der Waals surface area contributed by atoms with Gasteiger partial charge in [-0.3, -0.25) is 9.54 Å². The van der Waals surface area contributed by atoms with E-state index in [2.05, 4.69) is 6.92 Å². The highest BCUT2D eigenvalue weighted by Gasteiger charge is 2.37. The van der Waals surface area contributed by atoms with Crippen LogP contribution in [0.25, 0.3) is 11.3 Å². The summed E-state index contributed by atoms with van der Waals surface area (Å²) in [5.74, 6) is 1.07. The van der Waals surface area contributed by atoms with Gasteiger partial charge in [0.1, 0.15) is 0 Å². The largest absolute Gasteiger partial charge is 0.453 e. The van der Waals surface area contributed by atoms with E-state index in [9.17, 15) is 13.0 Å². The van der Waals surface area contributed by atoms with Crippen molar-refractivity contribution in [1.82, 2.24) is 4.98 Å². The predicted octanol–water partition coefficient (Wildman–Crippen LogP) is 5.96. The van der Waals surface area contributed by atoms with Gasteiger partial charge in [0, 0.05) is 11.3 Å². The Bertz CT molecular complexity index is 1190. The first-order valence-electron chi connectivity index (χ1n) is 10.6. The number of nitrogens with zero attached hydrogens (tertiary/aromatic N) is 2. The van der Waals surface area contributed by atoms with E-state index < -0.39 is 15.5 Å². The highest BCUT2D eigenvalue weighted by Crippen LogP contribution is 2.52. The molecule has 31 heavy (non-hydrogen) atoms. The summed E-state index contributed by atoms with van der Waals surface area (Å²) in [6, 6.07) is 18.7. The molecule has 2 heterocycles. The normalized spacial score (nSPS) is 13.8. The van der Waals surface area contributed by atoms with Crippen LogP contribution in [0.4, 0.5) is 11.4 Å². The lowest BCUT2D eigenvalue weighted by molar-refractivity contribution is 0.452. The predicted molar refractivity (Wildman–Crippen MR) is 123 cm³/mol. The molecule has 1 atom stereocenters. The van der Waals surface area contributed by atoms with Crippen molar-refractivity contribution in [1.29, 1.82) is 0 Å². The third-order valence-corrected chi connectivity index (χ3v) is 6.67. The zero-order valence-electron chi connectivity index (χ0n) is 17.7. The number of para-hydroxylation sites is 3. The molecule has 0 spiro atoms. The number of pyridine rings is 1. The molecule has 7 heteroatoms. The molecule has 0 radical (unpaired) electrons. The standard InChI is InChI=1S/C24H26N2O4S/c1-3-5-10-17-11-8-13-19(25-17)18-12-9-16-22-24(18)26(23(4-2)31(27,28)29)20-14-6-7-15-21(20)30-22/h6-9,11-16,23H,3-5,10H2,1-2H3,(H,27,28,29). The molecule has 4 rings (SSSR count). The fourth-order valence-corrected chi connectivity index (χ4v) is 4.90. The molecule has 2 aromatic carbocycles. The lowest BCUT2D eigenvalue weighted by atomic mass is 10.0. The molecule has 1 unspecified atom stereocenters. The maximum atomic E-state index is 12.4. The average molecular weight is 439 g/mol. The summed E-state index contributed by atoms with van der Waals surface area (Å²) in [5.41, 5.74) is 3.67. The van der Waals surface area contributed by atoms with Gasteiger partial charge in [-0.2, -0.15) is 8.42 Å². The van der Waals surface area contributed by atoms with Crippen molar-refractivity contribution in [3.63, 3.8) is 0 Å². The summed E-state index contributed by atoms with van der Waals surface area (Å²) in [7, 11) is -4.37. The van der Waals surface area contributed by atoms with Crippen molar-refractivity contribution in [2.75, 3.05) is 4.90 Å². The highest BCUT2D eigenvalue weighted by molar-refractivity contribution is 7.86. The minimum atomic E-state index is -4.37. The molecule has 0 aliphatic carbocycles. The van der Waals surface area contributed by atoms with Crippen LogP contribution in [0.2, 0.25) is 0 Å². The van der Waals surface area contributed by atoms with Crippen molar-refractivity contribution in [2.45, 2.75) is 44.9 Å². The first kappa shape index (κ1) is 21.3. The van der Waals surface area contributed by atoms with Crippen molar-refractivity contribution < 1.29 is 17.7 Å². The number of fused-ring (bicyclic) bond motifs is 2. The van der Waals surface area contributed by atoms with Crippen LogP contribution in [0, 0.1) is 0 Å². The lowest BCUT2D eigenvalue weighted by Crippen LogP contribution is -2.39. The van der Waals surface area contributed by atoms with Gasteiger partial charge >= 0.3 is 0 Å². The van der Waals surface area contributed by atoms with E-state index in [0.717, 1.165) is 36.2 Å². The molecule has 6 nitrogen and oxygen atoms in total. The fraction of sp³-hybridized carbons (Fsp3) is 0.292. The van der Waals surface area contributed by atoms with Gasteiger partial charge in [0.2, 0.25) is 0 Å². The Balaban J connectivity index is 1.93. The zero-order chi connectivity index (χ0) is 22.0. The maximum Gasteiger partial charge on any atom is 0.286 e. The molecule has 3 aromatic rings. The number of hydrogen-bond acceptors (Lipinski definition) is 5. The van der Waals surface area contributed by atoms with E-state index in [-0.39, 0.29) is 6.42 Å². The molecule has 0 saturated carbocycles. The summed E-state index contributed by atoms with van der Waals surface area (Å²) < 4.78 is 40.9. The molecular formula is C24H26N2O4S. The van der Waals surface area contributed by atoms with Crippen LogP contribution >= 0.6 is 0 Å². The smallest absolute Gasteiger partial charge is 0.286 e. The van der Waals surface area contributed by atoms with Crippen LogP contribution in [0.1, 0.15) is 38.8 Å². The van der Waals surface area contributed by atoms with Gasteiger partial charge in [-0.25, -0.2) is 0 Å². The molecule has 1 aliphatic heterocycles. The van der Waals surface area contributed by atoms with Gasteiger partial charge in [0.25, 0.3) is 10.1 Å². The first-order chi connectivity index (χ1) is 14.9. The van der Waals surface area contributed by atoms with E-state index in [1.807, 2.05) is 42.5 Å². The highest BCUT2D eigenvalue weighted by atomic mass is 32.2. The quantitative estimate of drug-likeness (QED) is 0.459. The van der Waals surface area contributed by atoms with Crippen molar-refractivity contribution in [3.05, 3.63) is 66.4 Å². The summed E-state index contributed by atoms with van der Waals surface area (Å²) >= 11 is 0. The second-order valence-corrected chi connectivity index (χ2v) is 9.16. The Morgan fingerprint density at radius 1 is 1.00 bits per heavy atom. The minimum absolute atomic E-state index is 0.199. The van der Waals surface area contributed by atoms with Crippen molar-refractivity contribution in [3.8, 4) is 22.8 Å². The number of unbranched alkanes of at least 4 members (excludes halogenated alkanes) is 1. The SMILES string of the molecule is CCCCc1cccc(-c2cccc3c2N(C(CC)S(=O)(=O)O)c2ccccc2O3)n1. The monoisotopic (exact) mass is 438 g/mol. The second kappa shape index (κ2) is 8.69. The molecule has 0 saturated heterocycles. The summed E-state index contributed by atoms with van der Waals surface area (Å²) in [4.78, 5) is 6.50. The van der Waals surface area contributed by atoms with Gasteiger partial charge in [-0.15, -0.1) is 0 Å². The Labute approximate surface area is 183 Å². The molecule has 0 bridgehead atoms. The van der Waals surface area contributed by atoms with Gasteiger partial charge < -0.3 is 9.64 Å². The topological polar surface area (TPSA) is 79.7 Å². The Hall–Kier alpha value is -2.90. The molecule has 162 valence electrons. The Morgan fingerprint density at radius 2 is 1.74 bits per heavy atom. The summed E-state index contributed by atoms with van der Waals surface area (Å²) in [5, 5.41) is -1.15. The maximum absolute atomic E-state index is 12.4. The van der Waals surface area contributed by atoms with Crippen LogP contribution in [-0.2, 0) is 16.5 Å². The van der Waals surface area contributed by atoms with Gasteiger partial charge in [0.15, 0.2) is 16.9 Å². The van der Waals surface area contributed by atoms with E-state index in [4.69, 9.17) is 9.72 Å². The van der Waals surface area contributed by atoms with E-state index in [1.54, 1.807) is 30.0 Å². The zero-order valence-corrected chi connectivity index (χ0v) is 18.5. The molecule has 0 fully saturated rings. The van der Waals surface area contributed by atoms with Crippen molar-refractivity contribution in [2.24, 2.45) is 0 Å².